The largest absolute Gasteiger partial charge is 0.507 e. The first kappa shape index (κ1) is 24.0. The summed E-state index contributed by atoms with van der Waals surface area (Å²) < 4.78 is 0. The summed E-state index contributed by atoms with van der Waals surface area (Å²) in [5.41, 5.74) is 3.41. The monoisotopic (exact) mass is 348 g/mol. The maximum Gasteiger partial charge on any atom is 0.121 e. The molecule has 146 valence electrons. The van der Waals surface area contributed by atoms with Crippen LogP contribution in [0, 0.1) is 13.8 Å². The van der Waals surface area contributed by atoms with Gasteiger partial charge in [-0.3, -0.25) is 0 Å². The molecular weight excluding hydrogens is 304 g/mol. The minimum absolute atomic E-state index is 0.513. The van der Waals surface area contributed by atoms with Crippen molar-refractivity contribution in [3.8, 4) is 5.75 Å². The number of aryl methyl sites for hydroxylation is 3. The molecule has 0 unspecified atom stereocenters. The molecule has 0 aromatic heterocycles. The van der Waals surface area contributed by atoms with Gasteiger partial charge in [0.15, 0.2) is 0 Å². The minimum atomic E-state index is 0.513. The highest BCUT2D eigenvalue weighted by atomic mass is 16.3. The van der Waals surface area contributed by atoms with Crippen LogP contribution in [0.25, 0.3) is 0 Å². The summed E-state index contributed by atoms with van der Waals surface area (Å²) in [6, 6.07) is 4.20. The van der Waals surface area contributed by atoms with E-state index < -0.39 is 0 Å². The third kappa shape index (κ3) is 12.1. The van der Waals surface area contributed by atoms with Crippen LogP contribution in [0.1, 0.15) is 115 Å². The van der Waals surface area contributed by atoms with Gasteiger partial charge in [0.1, 0.15) is 5.75 Å². The van der Waals surface area contributed by atoms with Gasteiger partial charge in [-0.15, -0.1) is 0 Å². The van der Waals surface area contributed by atoms with E-state index in [-0.39, 0.29) is 0 Å². The summed E-state index contributed by atoms with van der Waals surface area (Å²) in [7, 11) is 0. The number of phenolic OH excluding ortho intramolecular Hbond substituents is 1. The van der Waals surface area contributed by atoms with Crippen LogP contribution in [-0.2, 0) is 6.42 Å². The standard InChI is InChI=1S/C22H38O.C2H6/c1-4-5-6-7-8-9-10-11-12-13-14-15-16-21-18-19(2)17-20(3)22(21)23;1-2/h17-18,23H,4-16H2,1-3H3;1-2H3. The summed E-state index contributed by atoms with van der Waals surface area (Å²) >= 11 is 0. The van der Waals surface area contributed by atoms with Gasteiger partial charge in [-0.1, -0.05) is 109 Å². The van der Waals surface area contributed by atoms with Crippen molar-refractivity contribution < 1.29 is 5.11 Å². The van der Waals surface area contributed by atoms with Crippen molar-refractivity contribution in [3.05, 3.63) is 28.8 Å². The maximum absolute atomic E-state index is 10.1. The second-order valence-corrected chi connectivity index (χ2v) is 7.23. The Morgan fingerprint density at radius 1 is 0.680 bits per heavy atom. The summed E-state index contributed by atoms with van der Waals surface area (Å²) in [5.74, 6) is 0.513. The first-order valence-corrected chi connectivity index (χ1v) is 10.9. The molecule has 0 heterocycles. The third-order valence-electron chi connectivity index (χ3n) is 4.82. The predicted molar refractivity (Wildman–Crippen MR) is 114 cm³/mol. The Balaban J connectivity index is 0.00000277. The van der Waals surface area contributed by atoms with E-state index in [0.717, 1.165) is 17.5 Å². The van der Waals surface area contributed by atoms with Gasteiger partial charge < -0.3 is 5.11 Å². The van der Waals surface area contributed by atoms with Gasteiger partial charge in [-0.2, -0.15) is 0 Å². The van der Waals surface area contributed by atoms with Crippen molar-refractivity contribution in [2.45, 2.75) is 118 Å². The van der Waals surface area contributed by atoms with E-state index in [1.54, 1.807) is 0 Å². The van der Waals surface area contributed by atoms with E-state index in [1.807, 2.05) is 20.8 Å². The molecule has 0 aliphatic rings. The summed E-state index contributed by atoms with van der Waals surface area (Å²) in [6.07, 6.45) is 17.6. The minimum Gasteiger partial charge on any atom is -0.507 e. The van der Waals surface area contributed by atoms with E-state index in [4.69, 9.17) is 0 Å². The predicted octanol–water partition coefficient (Wildman–Crippen LogP) is 8.28. The molecular formula is C24H44O. The Bertz CT molecular complexity index is 422. The zero-order chi connectivity index (χ0) is 18.9. The van der Waals surface area contributed by atoms with Crippen molar-refractivity contribution in [2.24, 2.45) is 0 Å². The van der Waals surface area contributed by atoms with Crippen molar-refractivity contribution >= 4 is 0 Å². The lowest BCUT2D eigenvalue weighted by Gasteiger charge is -2.09. The number of unbranched alkanes of at least 4 members (excludes halogenated alkanes) is 11. The fourth-order valence-electron chi connectivity index (χ4n) is 3.39. The zero-order valence-electron chi connectivity index (χ0n) is 17.8. The molecule has 0 aliphatic heterocycles. The van der Waals surface area contributed by atoms with E-state index in [1.165, 1.54) is 82.6 Å². The van der Waals surface area contributed by atoms with Crippen LogP contribution in [0.5, 0.6) is 5.75 Å². The van der Waals surface area contributed by atoms with Crippen molar-refractivity contribution in [1.29, 1.82) is 0 Å². The summed E-state index contributed by atoms with van der Waals surface area (Å²) in [6.45, 7) is 10.4. The second-order valence-electron chi connectivity index (χ2n) is 7.23. The molecule has 0 saturated heterocycles. The molecule has 0 spiro atoms. The molecule has 1 aromatic rings. The Labute approximate surface area is 158 Å². The van der Waals surface area contributed by atoms with Gasteiger partial charge in [0.2, 0.25) is 0 Å². The molecule has 0 aliphatic carbocycles. The zero-order valence-corrected chi connectivity index (χ0v) is 17.8. The van der Waals surface area contributed by atoms with Crippen LogP contribution in [0.2, 0.25) is 0 Å². The number of benzene rings is 1. The average Bonchev–Trinajstić information content (AvgIpc) is 2.61. The molecule has 1 nitrogen and oxygen atoms in total. The molecule has 0 radical (unpaired) electrons. The molecule has 1 rings (SSSR count). The highest BCUT2D eigenvalue weighted by Crippen LogP contribution is 2.25. The Morgan fingerprint density at radius 3 is 1.60 bits per heavy atom. The molecule has 1 heteroatoms. The van der Waals surface area contributed by atoms with Crippen molar-refractivity contribution in [1.82, 2.24) is 0 Å². The van der Waals surface area contributed by atoms with Gasteiger partial charge in [-0.05, 0) is 37.8 Å². The maximum atomic E-state index is 10.1. The van der Waals surface area contributed by atoms with Gasteiger partial charge in [0.05, 0.1) is 0 Å². The lowest BCUT2D eigenvalue weighted by atomic mass is 9.99. The normalized spacial score (nSPS) is 10.4. The Hall–Kier alpha value is -0.980. The van der Waals surface area contributed by atoms with Gasteiger partial charge >= 0.3 is 0 Å². The fourth-order valence-corrected chi connectivity index (χ4v) is 3.39. The highest BCUT2D eigenvalue weighted by molar-refractivity contribution is 5.42. The lowest BCUT2D eigenvalue weighted by molar-refractivity contribution is 0.461. The highest BCUT2D eigenvalue weighted by Gasteiger charge is 2.05. The summed E-state index contributed by atoms with van der Waals surface area (Å²) in [4.78, 5) is 0. The molecule has 0 saturated carbocycles. The second kappa shape index (κ2) is 16.5. The molecule has 0 atom stereocenters. The van der Waals surface area contributed by atoms with Crippen LogP contribution in [0.3, 0.4) is 0 Å². The molecule has 0 amide bonds. The quantitative estimate of drug-likeness (QED) is 0.355. The molecule has 1 aromatic carbocycles. The van der Waals surface area contributed by atoms with E-state index in [2.05, 4.69) is 26.0 Å². The average molecular weight is 349 g/mol. The Kier molecular flexibility index (Phi) is 15.8. The smallest absolute Gasteiger partial charge is 0.121 e. The summed E-state index contributed by atoms with van der Waals surface area (Å²) in [5, 5.41) is 10.1. The van der Waals surface area contributed by atoms with Crippen LogP contribution in [0.15, 0.2) is 12.1 Å². The molecule has 0 fully saturated rings. The van der Waals surface area contributed by atoms with Crippen molar-refractivity contribution in [3.63, 3.8) is 0 Å². The number of aromatic hydroxyl groups is 1. The van der Waals surface area contributed by atoms with Gasteiger partial charge in [0.25, 0.3) is 0 Å². The number of hydrogen-bond donors (Lipinski definition) is 1. The topological polar surface area (TPSA) is 20.2 Å². The Morgan fingerprint density at radius 2 is 1.12 bits per heavy atom. The van der Waals surface area contributed by atoms with Crippen LogP contribution in [0.4, 0.5) is 0 Å². The first-order chi connectivity index (χ1) is 12.1. The molecule has 25 heavy (non-hydrogen) atoms. The SMILES string of the molecule is CC.CCCCCCCCCCCCCCc1cc(C)cc(C)c1O. The molecule has 1 N–H and O–H groups in total. The van der Waals surface area contributed by atoms with Crippen LogP contribution in [-0.4, -0.2) is 5.11 Å². The van der Waals surface area contributed by atoms with Crippen molar-refractivity contribution in [2.75, 3.05) is 0 Å². The fraction of sp³-hybridized carbons (Fsp3) is 0.750. The van der Waals surface area contributed by atoms with E-state index in [0.29, 0.717) is 5.75 Å². The number of hydrogen-bond acceptors (Lipinski definition) is 1. The van der Waals surface area contributed by atoms with Crippen LogP contribution >= 0.6 is 0 Å². The molecule has 0 bridgehead atoms. The first-order valence-electron chi connectivity index (χ1n) is 10.9. The third-order valence-corrected chi connectivity index (χ3v) is 4.82. The number of rotatable bonds is 13. The lowest BCUT2D eigenvalue weighted by Crippen LogP contribution is -1.91. The van der Waals surface area contributed by atoms with E-state index >= 15 is 0 Å². The van der Waals surface area contributed by atoms with E-state index in [9.17, 15) is 5.11 Å². The van der Waals surface area contributed by atoms with Crippen LogP contribution < -0.4 is 0 Å². The van der Waals surface area contributed by atoms with Gasteiger partial charge in [0, 0.05) is 0 Å². The van der Waals surface area contributed by atoms with Gasteiger partial charge in [-0.25, -0.2) is 0 Å². The number of phenols is 1.